The van der Waals surface area contributed by atoms with Crippen LogP contribution in [0.3, 0.4) is 0 Å². The monoisotopic (exact) mass is 295 g/mol. The lowest BCUT2D eigenvalue weighted by Crippen LogP contribution is -2.14. The summed E-state index contributed by atoms with van der Waals surface area (Å²) in [5, 5.41) is 4.34. The molecular formula is C18H21N3O. The standard InChI is InChI=1S/C18H21N3O/c1-19-9-6-14(16-5-3-4-8-20-16)13-11-17-15(7-10-21-17)18(12-13)22-2/h3-5,7-8,10-12,14,19,21H,6,9H2,1-2H3. The molecule has 4 nitrogen and oxygen atoms in total. The van der Waals surface area contributed by atoms with Crippen LogP contribution in [0.1, 0.15) is 23.6 Å². The molecule has 0 aliphatic carbocycles. The van der Waals surface area contributed by atoms with Crippen LogP contribution in [0.25, 0.3) is 10.9 Å². The molecule has 0 fully saturated rings. The zero-order valence-corrected chi connectivity index (χ0v) is 13.0. The maximum Gasteiger partial charge on any atom is 0.128 e. The van der Waals surface area contributed by atoms with Crippen molar-refractivity contribution in [3.63, 3.8) is 0 Å². The molecule has 114 valence electrons. The predicted molar refractivity (Wildman–Crippen MR) is 89.5 cm³/mol. The van der Waals surface area contributed by atoms with E-state index in [1.54, 1.807) is 7.11 Å². The number of aromatic nitrogens is 2. The number of nitrogens with one attached hydrogen (secondary N) is 2. The van der Waals surface area contributed by atoms with Crippen molar-refractivity contribution >= 4 is 10.9 Å². The lowest BCUT2D eigenvalue weighted by molar-refractivity contribution is 0.419. The normalized spacial score (nSPS) is 12.5. The van der Waals surface area contributed by atoms with E-state index in [1.165, 1.54) is 5.56 Å². The number of hydrogen-bond donors (Lipinski definition) is 2. The number of rotatable bonds is 6. The molecular weight excluding hydrogens is 274 g/mol. The van der Waals surface area contributed by atoms with Crippen LogP contribution in [0, 0.1) is 0 Å². The van der Waals surface area contributed by atoms with Crippen molar-refractivity contribution in [3.8, 4) is 5.75 Å². The van der Waals surface area contributed by atoms with Crippen molar-refractivity contribution in [2.24, 2.45) is 0 Å². The van der Waals surface area contributed by atoms with Crippen LogP contribution in [0.2, 0.25) is 0 Å². The van der Waals surface area contributed by atoms with Gasteiger partial charge < -0.3 is 15.0 Å². The lowest BCUT2D eigenvalue weighted by Gasteiger charge is -2.18. The van der Waals surface area contributed by atoms with Crippen LogP contribution < -0.4 is 10.1 Å². The lowest BCUT2D eigenvalue weighted by atomic mass is 9.91. The molecule has 0 aliphatic heterocycles. The van der Waals surface area contributed by atoms with E-state index in [0.29, 0.717) is 0 Å². The van der Waals surface area contributed by atoms with Gasteiger partial charge in [-0.05, 0) is 55.9 Å². The van der Waals surface area contributed by atoms with Gasteiger partial charge >= 0.3 is 0 Å². The van der Waals surface area contributed by atoms with E-state index in [4.69, 9.17) is 4.74 Å². The van der Waals surface area contributed by atoms with Gasteiger partial charge in [0.1, 0.15) is 5.75 Å². The Morgan fingerprint density at radius 3 is 2.91 bits per heavy atom. The van der Waals surface area contributed by atoms with Crippen LogP contribution in [0.15, 0.2) is 48.8 Å². The number of fused-ring (bicyclic) bond motifs is 1. The Morgan fingerprint density at radius 1 is 1.27 bits per heavy atom. The van der Waals surface area contributed by atoms with Gasteiger partial charge in [0, 0.05) is 34.9 Å². The van der Waals surface area contributed by atoms with Gasteiger partial charge in [-0.25, -0.2) is 0 Å². The van der Waals surface area contributed by atoms with Crippen LogP contribution >= 0.6 is 0 Å². The Kier molecular flexibility index (Phi) is 4.39. The van der Waals surface area contributed by atoms with E-state index in [2.05, 4.69) is 33.5 Å². The van der Waals surface area contributed by atoms with Crippen molar-refractivity contribution in [2.45, 2.75) is 12.3 Å². The molecule has 1 atom stereocenters. The van der Waals surface area contributed by atoms with Gasteiger partial charge in [0.05, 0.1) is 7.11 Å². The van der Waals surface area contributed by atoms with Crippen LogP contribution in [0.5, 0.6) is 5.75 Å². The second kappa shape index (κ2) is 6.62. The fourth-order valence-corrected chi connectivity index (χ4v) is 2.88. The van der Waals surface area contributed by atoms with Crippen LogP contribution in [-0.2, 0) is 0 Å². The fourth-order valence-electron chi connectivity index (χ4n) is 2.88. The molecule has 1 aromatic carbocycles. The number of hydrogen-bond acceptors (Lipinski definition) is 3. The van der Waals surface area contributed by atoms with E-state index in [9.17, 15) is 0 Å². The molecule has 0 radical (unpaired) electrons. The molecule has 2 N–H and O–H groups in total. The number of methoxy groups -OCH3 is 1. The van der Waals surface area contributed by atoms with Gasteiger partial charge in [0.2, 0.25) is 0 Å². The highest BCUT2D eigenvalue weighted by Gasteiger charge is 2.17. The maximum absolute atomic E-state index is 5.56. The SMILES string of the molecule is CNCCC(c1cc(OC)c2cc[nH]c2c1)c1ccccn1. The highest BCUT2D eigenvalue weighted by atomic mass is 16.5. The van der Waals surface area contributed by atoms with E-state index in [1.807, 2.05) is 37.6 Å². The number of pyridine rings is 1. The summed E-state index contributed by atoms with van der Waals surface area (Å²) in [7, 11) is 3.69. The minimum atomic E-state index is 0.246. The number of ether oxygens (including phenoxy) is 1. The Morgan fingerprint density at radius 2 is 2.18 bits per heavy atom. The van der Waals surface area contributed by atoms with E-state index in [-0.39, 0.29) is 5.92 Å². The molecule has 1 unspecified atom stereocenters. The summed E-state index contributed by atoms with van der Waals surface area (Å²) < 4.78 is 5.56. The molecule has 0 saturated carbocycles. The highest BCUT2D eigenvalue weighted by molar-refractivity contribution is 5.86. The van der Waals surface area contributed by atoms with Gasteiger partial charge in [-0.1, -0.05) is 6.07 Å². The average Bonchev–Trinajstić information content (AvgIpc) is 3.04. The third-order valence-corrected chi connectivity index (χ3v) is 4.00. The number of H-pyrrole nitrogens is 1. The largest absolute Gasteiger partial charge is 0.496 e. The molecule has 22 heavy (non-hydrogen) atoms. The highest BCUT2D eigenvalue weighted by Crippen LogP contribution is 2.33. The number of benzene rings is 1. The average molecular weight is 295 g/mol. The maximum atomic E-state index is 5.56. The van der Waals surface area contributed by atoms with Gasteiger partial charge in [-0.3, -0.25) is 4.98 Å². The van der Waals surface area contributed by atoms with E-state index in [0.717, 1.165) is 35.3 Å². The van der Waals surface area contributed by atoms with Crippen LogP contribution in [0.4, 0.5) is 0 Å². The quantitative estimate of drug-likeness (QED) is 0.733. The first-order valence-electron chi connectivity index (χ1n) is 7.54. The van der Waals surface area contributed by atoms with Gasteiger partial charge in [0.15, 0.2) is 0 Å². The Bertz CT molecular complexity index is 736. The Hall–Kier alpha value is -2.33. The molecule has 3 rings (SSSR count). The molecule has 4 heteroatoms. The Labute approximate surface area is 130 Å². The Balaban J connectivity index is 2.07. The number of aromatic amines is 1. The first-order chi connectivity index (χ1) is 10.8. The summed E-state index contributed by atoms with van der Waals surface area (Å²) in [6.07, 6.45) is 4.79. The molecule has 2 aromatic heterocycles. The van der Waals surface area contributed by atoms with Crippen molar-refractivity contribution in [1.82, 2.24) is 15.3 Å². The minimum absolute atomic E-state index is 0.246. The van der Waals surface area contributed by atoms with Crippen molar-refractivity contribution in [2.75, 3.05) is 20.7 Å². The topological polar surface area (TPSA) is 49.9 Å². The zero-order chi connectivity index (χ0) is 15.4. The smallest absolute Gasteiger partial charge is 0.128 e. The first kappa shape index (κ1) is 14.6. The third kappa shape index (κ3) is 2.83. The van der Waals surface area contributed by atoms with Gasteiger partial charge in [0.25, 0.3) is 0 Å². The fraction of sp³-hybridized carbons (Fsp3) is 0.278. The molecule has 0 bridgehead atoms. The van der Waals surface area contributed by atoms with Crippen molar-refractivity contribution < 1.29 is 4.74 Å². The number of nitrogens with zero attached hydrogens (tertiary/aromatic N) is 1. The zero-order valence-electron chi connectivity index (χ0n) is 13.0. The summed E-state index contributed by atoms with van der Waals surface area (Å²) in [5.41, 5.74) is 3.41. The summed E-state index contributed by atoms with van der Waals surface area (Å²) in [5.74, 6) is 1.15. The second-order valence-electron chi connectivity index (χ2n) is 5.36. The summed E-state index contributed by atoms with van der Waals surface area (Å²) in [4.78, 5) is 7.83. The first-order valence-corrected chi connectivity index (χ1v) is 7.54. The van der Waals surface area contributed by atoms with E-state index >= 15 is 0 Å². The van der Waals surface area contributed by atoms with E-state index < -0.39 is 0 Å². The third-order valence-electron chi connectivity index (χ3n) is 4.00. The summed E-state index contributed by atoms with van der Waals surface area (Å²) in [6.45, 7) is 0.937. The molecule has 2 heterocycles. The molecule has 0 aliphatic rings. The molecule has 0 saturated heterocycles. The van der Waals surface area contributed by atoms with Gasteiger partial charge in [-0.2, -0.15) is 0 Å². The molecule has 0 amide bonds. The van der Waals surface area contributed by atoms with Crippen molar-refractivity contribution in [3.05, 3.63) is 60.0 Å². The summed E-state index contributed by atoms with van der Waals surface area (Å²) >= 11 is 0. The van der Waals surface area contributed by atoms with Gasteiger partial charge in [-0.15, -0.1) is 0 Å². The molecule has 3 aromatic rings. The summed E-state index contributed by atoms with van der Waals surface area (Å²) in [6, 6.07) is 12.5. The van der Waals surface area contributed by atoms with Crippen molar-refractivity contribution in [1.29, 1.82) is 0 Å². The minimum Gasteiger partial charge on any atom is -0.496 e. The predicted octanol–water partition coefficient (Wildman–Crippen LogP) is 3.31. The second-order valence-corrected chi connectivity index (χ2v) is 5.36. The molecule has 0 spiro atoms. The van der Waals surface area contributed by atoms with Crippen LogP contribution in [-0.4, -0.2) is 30.7 Å².